The van der Waals surface area contributed by atoms with E-state index < -0.39 is 0 Å². The molecule has 0 aromatic heterocycles. The lowest BCUT2D eigenvalue weighted by molar-refractivity contribution is -0.129. The van der Waals surface area contributed by atoms with E-state index in [4.69, 9.17) is 11.6 Å². The molecule has 122 valence electrons. The maximum absolute atomic E-state index is 12.4. The average Bonchev–Trinajstić information content (AvgIpc) is 2.60. The minimum Gasteiger partial charge on any atom is -0.342 e. The van der Waals surface area contributed by atoms with Gasteiger partial charge in [-0.2, -0.15) is 0 Å². The number of nitrogens with one attached hydrogen (secondary N) is 1. The summed E-state index contributed by atoms with van der Waals surface area (Å²) in [6.45, 7) is 1.70. The molecule has 1 heterocycles. The summed E-state index contributed by atoms with van der Waals surface area (Å²) in [5, 5.41) is 6.19. The fourth-order valence-corrected chi connectivity index (χ4v) is 4.38. The first-order chi connectivity index (χ1) is 11.2. The number of nitrogens with zero attached hydrogens (tertiary/aromatic N) is 1. The van der Waals surface area contributed by atoms with E-state index in [-0.39, 0.29) is 5.91 Å². The average molecular weight is 349 g/mol. The molecule has 0 saturated carbocycles. The molecule has 2 aromatic rings. The van der Waals surface area contributed by atoms with Crippen LogP contribution in [0.2, 0.25) is 5.02 Å². The number of benzene rings is 2. The molecule has 0 atom stereocenters. The van der Waals surface area contributed by atoms with Crippen molar-refractivity contribution in [2.75, 3.05) is 25.9 Å². The number of fused-ring (bicyclic) bond motifs is 1. The topological polar surface area (TPSA) is 32.3 Å². The van der Waals surface area contributed by atoms with Crippen molar-refractivity contribution in [3.8, 4) is 0 Å². The summed E-state index contributed by atoms with van der Waals surface area (Å²) < 4.78 is 0. The summed E-state index contributed by atoms with van der Waals surface area (Å²) in [6, 6.07) is 12.6. The Hall–Kier alpha value is -1.23. The zero-order chi connectivity index (χ0) is 16.2. The number of halogens is 1. The molecule has 1 saturated heterocycles. The predicted octanol–water partition coefficient (Wildman–Crippen LogP) is 3.80. The van der Waals surface area contributed by atoms with Gasteiger partial charge >= 0.3 is 0 Å². The standard InChI is InChI=1S/C18H21ClN2OS/c1-20-14-8-10-21(11-9-14)17(22)12-23-16-7-3-5-13-4-2-6-15(19)18(13)16/h2-7,14,20H,8-12H2,1H3. The third kappa shape index (κ3) is 3.82. The van der Waals surface area contributed by atoms with Gasteiger partial charge in [-0.3, -0.25) is 4.79 Å². The molecular formula is C18H21ClN2OS. The highest BCUT2D eigenvalue weighted by Crippen LogP contribution is 2.33. The highest BCUT2D eigenvalue weighted by Gasteiger charge is 2.21. The Kier molecular flexibility index (Phi) is 5.46. The van der Waals surface area contributed by atoms with Gasteiger partial charge in [0.15, 0.2) is 0 Å². The smallest absolute Gasteiger partial charge is 0.232 e. The molecule has 0 bridgehead atoms. The molecule has 23 heavy (non-hydrogen) atoms. The summed E-state index contributed by atoms with van der Waals surface area (Å²) in [4.78, 5) is 15.5. The van der Waals surface area contributed by atoms with Gasteiger partial charge in [0.05, 0.1) is 5.75 Å². The van der Waals surface area contributed by atoms with Gasteiger partial charge in [-0.1, -0.05) is 35.9 Å². The van der Waals surface area contributed by atoms with Gasteiger partial charge in [0, 0.05) is 34.4 Å². The Bertz CT molecular complexity index is 693. The van der Waals surface area contributed by atoms with Crippen molar-refractivity contribution in [3.05, 3.63) is 41.4 Å². The molecule has 3 rings (SSSR count). The first-order valence-corrected chi connectivity index (χ1v) is 9.30. The Balaban J connectivity index is 1.66. The molecule has 5 heteroatoms. The van der Waals surface area contributed by atoms with Crippen LogP contribution < -0.4 is 5.32 Å². The van der Waals surface area contributed by atoms with Crippen molar-refractivity contribution in [2.24, 2.45) is 0 Å². The first kappa shape index (κ1) is 16.6. The SMILES string of the molecule is CNC1CCN(C(=O)CSc2cccc3cccc(Cl)c23)CC1. The van der Waals surface area contributed by atoms with Crippen molar-refractivity contribution in [3.63, 3.8) is 0 Å². The van der Waals surface area contributed by atoms with Crippen LogP contribution in [-0.4, -0.2) is 42.7 Å². The molecule has 0 aliphatic carbocycles. The van der Waals surface area contributed by atoms with E-state index >= 15 is 0 Å². The molecule has 0 radical (unpaired) electrons. The van der Waals surface area contributed by atoms with Gasteiger partial charge in [0.25, 0.3) is 0 Å². The van der Waals surface area contributed by atoms with Crippen LogP contribution in [0, 0.1) is 0 Å². The Morgan fingerprint density at radius 2 is 1.96 bits per heavy atom. The van der Waals surface area contributed by atoms with Crippen LogP contribution in [0.3, 0.4) is 0 Å². The number of likely N-dealkylation sites (tertiary alicyclic amines) is 1. The molecule has 1 amide bonds. The van der Waals surface area contributed by atoms with Gasteiger partial charge < -0.3 is 10.2 Å². The second kappa shape index (κ2) is 7.56. The van der Waals surface area contributed by atoms with Crippen molar-refractivity contribution >= 4 is 40.0 Å². The van der Waals surface area contributed by atoms with E-state index in [2.05, 4.69) is 17.4 Å². The second-order valence-corrected chi connectivity index (χ2v) is 7.25. The third-order valence-corrected chi connectivity index (χ3v) is 5.78. The lowest BCUT2D eigenvalue weighted by Gasteiger charge is -2.31. The summed E-state index contributed by atoms with van der Waals surface area (Å²) in [5.74, 6) is 0.683. The van der Waals surface area contributed by atoms with Crippen molar-refractivity contribution < 1.29 is 4.79 Å². The maximum atomic E-state index is 12.4. The number of hydrogen-bond donors (Lipinski definition) is 1. The number of piperidine rings is 1. The number of carbonyl (C=O) groups excluding carboxylic acids is 1. The summed E-state index contributed by atoms with van der Waals surface area (Å²) in [6.07, 6.45) is 2.07. The summed E-state index contributed by atoms with van der Waals surface area (Å²) in [5.41, 5.74) is 0. The molecule has 2 aromatic carbocycles. The fourth-order valence-electron chi connectivity index (χ4n) is 3.03. The van der Waals surface area contributed by atoms with Crippen molar-refractivity contribution in [1.29, 1.82) is 0 Å². The van der Waals surface area contributed by atoms with Crippen molar-refractivity contribution in [2.45, 2.75) is 23.8 Å². The van der Waals surface area contributed by atoms with E-state index in [0.29, 0.717) is 11.8 Å². The largest absolute Gasteiger partial charge is 0.342 e. The van der Waals surface area contributed by atoms with E-state index in [1.807, 2.05) is 36.2 Å². The number of carbonyl (C=O) groups is 1. The lowest BCUT2D eigenvalue weighted by Crippen LogP contribution is -2.44. The minimum absolute atomic E-state index is 0.216. The number of rotatable bonds is 4. The Morgan fingerprint density at radius 3 is 2.65 bits per heavy atom. The third-order valence-electron chi connectivity index (χ3n) is 4.42. The zero-order valence-corrected chi connectivity index (χ0v) is 14.8. The van der Waals surface area contributed by atoms with Crippen molar-refractivity contribution in [1.82, 2.24) is 10.2 Å². The second-order valence-electron chi connectivity index (χ2n) is 5.83. The fraction of sp³-hybridized carbons (Fsp3) is 0.389. The van der Waals surface area contributed by atoms with E-state index in [9.17, 15) is 4.79 Å². The van der Waals surface area contributed by atoms with Crippen LogP contribution in [-0.2, 0) is 4.79 Å². The van der Waals surface area contributed by atoms with Crippen LogP contribution in [0.4, 0.5) is 0 Å². The molecule has 1 fully saturated rings. The molecular weight excluding hydrogens is 328 g/mol. The van der Waals surface area contributed by atoms with Gasteiger partial charge in [-0.15, -0.1) is 11.8 Å². The molecule has 0 unspecified atom stereocenters. The monoisotopic (exact) mass is 348 g/mol. The van der Waals surface area contributed by atoms with Gasteiger partial charge in [0.2, 0.25) is 5.91 Å². The highest BCUT2D eigenvalue weighted by atomic mass is 35.5. The van der Waals surface area contributed by atoms with Crippen LogP contribution in [0.25, 0.3) is 10.8 Å². The summed E-state index contributed by atoms with van der Waals surface area (Å²) in [7, 11) is 1.99. The number of thioether (sulfide) groups is 1. The summed E-state index contributed by atoms with van der Waals surface area (Å²) >= 11 is 7.92. The van der Waals surface area contributed by atoms with E-state index in [1.165, 1.54) is 0 Å². The van der Waals surface area contributed by atoms with Crippen LogP contribution in [0.5, 0.6) is 0 Å². The number of hydrogen-bond acceptors (Lipinski definition) is 3. The molecule has 1 aliphatic heterocycles. The highest BCUT2D eigenvalue weighted by molar-refractivity contribution is 8.00. The van der Waals surface area contributed by atoms with Crippen LogP contribution in [0.15, 0.2) is 41.3 Å². The van der Waals surface area contributed by atoms with Gasteiger partial charge in [-0.25, -0.2) is 0 Å². The van der Waals surface area contributed by atoms with E-state index in [1.54, 1.807) is 11.8 Å². The number of amides is 1. The van der Waals surface area contributed by atoms with Gasteiger partial charge in [0.1, 0.15) is 0 Å². The van der Waals surface area contributed by atoms with Crippen LogP contribution >= 0.6 is 23.4 Å². The Labute approximate surface area is 146 Å². The molecule has 1 aliphatic rings. The quantitative estimate of drug-likeness (QED) is 0.853. The molecule has 0 spiro atoms. The maximum Gasteiger partial charge on any atom is 0.232 e. The minimum atomic E-state index is 0.216. The van der Waals surface area contributed by atoms with Gasteiger partial charge in [-0.05, 0) is 37.4 Å². The zero-order valence-electron chi connectivity index (χ0n) is 13.2. The lowest BCUT2D eigenvalue weighted by atomic mass is 10.1. The Morgan fingerprint density at radius 1 is 1.26 bits per heavy atom. The molecule has 1 N–H and O–H groups in total. The first-order valence-electron chi connectivity index (χ1n) is 7.94. The predicted molar refractivity (Wildman–Crippen MR) is 98.3 cm³/mol. The van der Waals surface area contributed by atoms with Crippen LogP contribution in [0.1, 0.15) is 12.8 Å². The van der Waals surface area contributed by atoms with E-state index in [0.717, 1.165) is 46.6 Å². The normalized spacial score (nSPS) is 16.0. The molecule has 3 nitrogen and oxygen atoms in total.